The SMILES string of the molecule is O=C(N/N=C\c1ccc(OS(=O)(=O)c2ccc3ccccc3c2)cc1)c1cccc(Br)c1. The Hall–Kier alpha value is -3.49. The molecule has 160 valence electrons. The maximum Gasteiger partial charge on any atom is 0.339 e. The molecule has 4 aromatic rings. The summed E-state index contributed by atoms with van der Waals surface area (Å²) in [6.45, 7) is 0. The molecule has 1 N–H and O–H groups in total. The Morgan fingerprint density at radius 2 is 1.62 bits per heavy atom. The van der Waals surface area contributed by atoms with Crippen molar-refractivity contribution in [2.45, 2.75) is 4.90 Å². The van der Waals surface area contributed by atoms with E-state index < -0.39 is 10.1 Å². The fraction of sp³-hybridized carbons (Fsp3) is 0. The molecule has 6 nitrogen and oxygen atoms in total. The van der Waals surface area contributed by atoms with Crippen LogP contribution >= 0.6 is 15.9 Å². The molecule has 0 heterocycles. The number of nitrogens with zero attached hydrogens (tertiary/aromatic N) is 1. The van der Waals surface area contributed by atoms with Gasteiger partial charge in [-0.25, -0.2) is 5.43 Å². The number of benzene rings is 4. The zero-order valence-electron chi connectivity index (χ0n) is 16.6. The number of carbonyl (C=O) groups excluding carboxylic acids is 1. The topological polar surface area (TPSA) is 84.8 Å². The molecule has 0 aromatic heterocycles. The minimum Gasteiger partial charge on any atom is -0.379 e. The second-order valence-electron chi connectivity index (χ2n) is 6.82. The van der Waals surface area contributed by atoms with Crippen LogP contribution in [0.15, 0.2) is 105 Å². The van der Waals surface area contributed by atoms with Gasteiger partial charge in [0.15, 0.2) is 0 Å². The molecule has 0 atom stereocenters. The van der Waals surface area contributed by atoms with Gasteiger partial charge in [-0.1, -0.05) is 52.3 Å². The maximum atomic E-state index is 12.6. The number of hydrazone groups is 1. The van der Waals surface area contributed by atoms with Crippen molar-refractivity contribution < 1.29 is 17.4 Å². The molecule has 0 saturated carbocycles. The summed E-state index contributed by atoms with van der Waals surface area (Å²) in [7, 11) is -3.97. The fourth-order valence-electron chi connectivity index (χ4n) is 2.97. The molecule has 0 bridgehead atoms. The largest absolute Gasteiger partial charge is 0.379 e. The number of hydrogen-bond donors (Lipinski definition) is 1. The highest BCUT2D eigenvalue weighted by molar-refractivity contribution is 9.10. The van der Waals surface area contributed by atoms with Gasteiger partial charge in [0.1, 0.15) is 10.6 Å². The minimum absolute atomic E-state index is 0.0806. The Balaban J connectivity index is 1.41. The van der Waals surface area contributed by atoms with Gasteiger partial charge in [-0.15, -0.1) is 0 Å². The van der Waals surface area contributed by atoms with Crippen molar-refractivity contribution in [3.8, 4) is 5.75 Å². The molecule has 32 heavy (non-hydrogen) atoms. The summed E-state index contributed by atoms with van der Waals surface area (Å²) < 4.78 is 31.3. The number of halogens is 1. The van der Waals surface area contributed by atoms with Crippen molar-refractivity contribution in [1.29, 1.82) is 0 Å². The quantitative estimate of drug-likeness (QED) is 0.222. The zero-order valence-corrected chi connectivity index (χ0v) is 19.0. The third-order valence-corrected chi connectivity index (χ3v) is 6.30. The van der Waals surface area contributed by atoms with E-state index in [1.807, 2.05) is 30.3 Å². The lowest BCUT2D eigenvalue weighted by molar-refractivity contribution is 0.0955. The second-order valence-corrected chi connectivity index (χ2v) is 9.29. The highest BCUT2D eigenvalue weighted by Crippen LogP contribution is 2.23. The van der Waals surface area contributed by atoms with Crippen LogP contribution in [0.1, 0.15) is 15.9 Å². The monoisotopic (exact) mass is 508 g/mol. The van der Waals surface area contributed by atoms with Crippen molar-refractivity contribution in [1.82, 2.24) is 5.43 Å². The number of carbonyl (C=O) groups is 1. The standard InChI is InChI=1S/C24H17BrN2O4S/c25-21-7-3-6-20(14-21)24(28)27-26-16-17-8-11-22(12-9-17)31-32(29,30)23-13-10-18-4-1-2-5-19(18)15-23/h1-16H,(H,27,28)/b26-16-. The predicted molar refractivity (Wildman–Crippen MR) is 127 cm³/mol. The number of fused-ring (bicyclic) bond motifs is 1. The molecule has 0 aliphatic carbocycles. The minimum atomic E-state index is -3.97. The molecule has 4 aromatic carbocycles. The van der Waals surface area contributed by atoms with E-state index in [-0.39, 0.29) is 16.6 Å². The lowest BCUT2D eigenvalue weighted by atomic mass is 10.1. The van der Waals surface area contributed by atoms with Crippen LogP contribution in [0.2, 0.25) is 0 Å². The van der Waals surface area contributed by atoms with Crippen molar-refractivity contribution in [3.05, 3.63) is 107 Å². The average Bonchev–Trinajstić information content (AvgIpc) is 2.79. The van der Waals surface area contributed by atoms with Crippen molar-refractivity contribution in [3.63, 3.8) is 0 Å². The van der Waals surface area contributed by atoms with Gasteiger partial charge in [0, 0.05) is 10.0 Å². The molecular weight excluding hydrogens is 492 g/mol. The summed E-state index contributed by atoms with van der Waals surface area (Å²) in [6.07, 6.45) is 1.46. The Bertz CT molecular complexity index is 1420. The van der Waals surface area contributed by atoms with E-state index in [0.29, 0.717) is 11.1 Å². The molecule has 0 radical (unpaired) electrons. The Morgan fingerprint density at radius 3 is 2.38 bits per heavy atom. The molecule has 8 heteroatoms. The van der Waals surface area contributed by atoms with Crippen molar-refractivity contribution in [2.75, 3.05) is 0 Å². The van der Waals surface area contributed by atoms with Gasteiger partial charge in [-0.05, 0) is 70.9 Å². The summed E-state index contributed by atoms with van der Waals surface area (Å²) in [5.74, 6) is -0.169. The normalized spacial score (nSPS) is 11.5. The summed E-state index contributed by atoms with van der Waals surface area (Å²) in [5.41, 5.74) is 3.58. The fourth-order valence-corrected chi connectivity index (χ4v) is 4.33. The van der Waals surface area contributed by atoms with E-state index in [2.05, 4.69) is 26.5 Å². The molecule has 1 amide bonds. The Morgan fingerprint density at radius 1 is 0.875 bits per heavy atom. The zero-order chi connectivity index (χ0) is 22.6. The van der Waals surface area contributed by atoms with E-state index in [0.717, 1.165) is 15.2 Å². The van der Waals surface area contributed by atoms with Gasteiger partial charge in [-0.2, -0.15) is 13.5 Å². The number of rotatable bonds is 6. The number of amides is 1. The molecule has 0 saturated heterocycles. The number of hydrogen-bond acceptors (Lipinski definition) is 5. The number of nitrogens with one attached hydrogen (secondary N) is 1. The van der Waals surface area contributed by atoms with Crippen LogP contribution in [0.4, 0.5) is 0 Å². The molecular formula is C24H17BrN2O4S. The van der Waals surface area contributed by atoms with Crippen LogP contribution in [0.5, 0.6) is 5.75 Å². The summed E-state index contributed by atoms with van der Waals surface area (Å²) >= 11 is 3.32. The smallest absolute Gasteiger partial charge is 0.339 e. The average molecular weight is 509 g/mol. The summed E-state index contributed by atoms with van der Waals surface area (Å²) in [4.78, 5) is 12.2. The molecule has 0 aliphatic heterocycles. The molecule has 0 fully saturated rings. The van der Waals surface area contributed by atoms with Gasteiger partial charge >= 0.3 is 10.1 Å². The van der Waals surface area contributed by atoms with Crippen LogP contribution in [-0.2, 0) is 10.1 Å². The van der Waals surface area contributed by atoms with E-state index in [9.17, 15) is 13.2 Å². The van der Waals surface area contributed by atoms with Gasteiger partial charge in [-0.3, -0.25) is 4.79 Å². The van der Waals surface area contributed by atoms with Crippen LogP contribution in [0, 0.1) is 0 Å². The van der Waals surface area contributed by atoms with E-state index in [1.165, 1.54) is 24.4 Å². The first-order valence-corrected chi connectivity index (χ1v) is 11.7. The van der Waals surface area contributed by atoms with Gasteiger partial charge < -0.3 is 4.18 Å². The van der Waals surface area contributed by atoms with Crippen LogP contribution in [-0.4, -0.2) is 20.5 Å². The molecule has 4 rings (SSSR count). The Kier molecular flexibility index (Phi) is 6.34. The first kappa shape index (κ1) is 21.7. The molecule has 0 aliphatic rings. The first-order chi connectivity index (χ1) is 15.4. The third kappa shape index (κ3) is 5.22. The Labute approximate surface area is 193 Å². The summed E-state index contributed by atoms with van der Waals surface area (Å²) in [5, 5.41) is 5.69. The highest BCUT2D eigenvalue weighted by Gasteiger charge is 2.17. The van der Waals surface area contributed by atoms with E-state index >= 15 is 0 Å². The predicted octanol–water partition coefficient (Wildman–Crippen LogP) is 5.13. The van der Waals surface area contributed by atoms with E-state index in [4.69, 9.17) is 4.18 Å². The van der Waals surface area contributed by atoms with Crippen molar-refractivity contribution >= 4 is 48.9 Å². The second kappa shape index (κ2) is 9.33. The van der Waals surface area contributed by atoms with Gasteiger partial charge in [0.05, 0.1) is 6.21 Å². The maximum absolute atomic E-state index is 12.6. The van der Waals surface area contributed by atoms with Gasteiger partial charge in [0.25, 0.3) is 5.91 Å². The summed E-state index contributed by atoms with van der Waals surface area (Å²) in [6, 6.07) is 25.6. The van der Waals surface area contributed by atoms with Crippen molar-refractivity contribution in [2.24, 2.45) is 5.10 Å². The first-order valence-electron chi connectivity index (χ1n) is 9.53. The lowest BCUT2D eigenvalue weighted by Gasteiger charge is -2.08. The van der Waals surface area contributed by atoms with E-state index in [1.54, 1.807) is 42.5 Å². The van der Waals surface area contributed by atoms with Crippen LogP contribution < -0.4 is 9.61 Å². The lowest BCUT2D eigenvalue weighted by Crippen LogP contribution is -2.17. The van der Waals surface area contributed by atoms with Crippen LogP contribution in [0.25, 0.3) is 10.8 Å². The third-order valence-electron chi connectivity index (χ3n) is 4.56. The highest BCUT2D eigenvalue weighted by atomic mass is 79.9. The van der Waals surface area contributed by atoms with Gasteiger partial charge in [0.2, 0.25) is 0 Å². The van der Waals surface area contributed by atoms with Crippen LogP contribution in [0.3, 0.4) is 0 Å². The molecule has 0 spiro atoms. The molecule has 0 unspecified atom stereocenters.